The molecule has 2 N–H and O–H groups in total. The second-order valence-electron chi connectivity index (χ2n) is 5.04. The van der Waals surface area contributed by atoms with Gasteiger partial charge >= 0.3 is 0 Å². The molecule has 1 fully saturated rings. The minimum atomic E-state index is 0.0946. The predicted molar refractivity (Wildman–Crippen MR) is 71.0 cm³/mol. The summed E-state index contributed by atoms with van der Waals surface area (Å²) in [6, 6.07) is 5.98. The molecule has 0 saturated heterocycles. The van der Waals surface area contributed by atoms with Crippen LogP contribution in [0.4, 0.5) is 11.4 Å². The van der Waals surface area contributed by atoms with Crippen LogP contribution >= 0.6 is 0 Å². The number of nitrogens with one attached hydrogen (secondary N) is 2. The molecule has 2 aliphatic rings. The zero-order valence-electron chi connectivity index (χ0n) is 10.5. The molecule has 1 aliphatic heterocycles. The molecule has 1 aromatic rings. The second kappa shape index (κ2) is 4.52. The lowest BCUT2D eigenvalue weighted by Gasteiger charge is -2.29. The normalized spacial score (nSPS) is 26.2. The Morgan fingerprint density at radius 3 is 2.89 bits per heavy atom. The van der Waals surface area contributed by atoms with Crippen molar-refractivity contribution in [2.45, 2.75) is 31.7 Å². The van der Waals surface area contributed by atoms with Gasteiger partial charge in [0.05, 0.1) is 24.4 Å². The number of methoxy groups -OCH3 is 1. The van der Waals surface area contributed by atoms with E-state index in [-0.39, 0.29) is 17.9 Å². The van der Waals surface area contributed by atoms with Gasteiger partial charge < -0.3 is 15.4 Å². The average Bonchev–Trinajstić information content (AvgIpc) is 2.54. The minimum Gasteiger partial charge on any atom is -0.497 e. The summed E-state index contributed by atoms with van der Waals surface area (Å²) in [6.07, 6.45) is 4.39. The van der Waals surface area contributed by atoms with Gasteiger partial charge in [-0.25, -0.2) is 0 Å². The molecule has 0 aromatic heterocycles. The highest BCUT2D eigenvalue weighted by Gasteiger charge is 2.33. The minimum absolute atomic E-state index is 0.0946. The van der Waals surface area contributed by atoms with Crippen LogP contribution in [0.25, 0.3) is 0 Å². The van der Waals surface area contributed by atoms with Gasteiger partial charge in [0, 0.05) is 12.1 Å². The Kier molecular flexibility index (Phi) is 2.86. The van der Waals surface area contributed by atoms with E-state index in [4.69, 9.17) is 4.74 Å². The molecule has 0 bridgehead atoms. The molecule has 2 atom stereocenters. The van der Waals surface area contributed by atoms with Gasteiger partial charge in [0.1, 0.15) is 5.75 Å². The summed E-state index contributed by atoms with van der Waals surface area (Å²) in [4.78, 5) is 12.2. The summed E-state index contributed by atoms with van der Waals surface area (Å²) >= 11 is 0. The third-order valence-corrected chi connectivity index (χ3v) is 3.93. The monoisotopic (exact) mass is 246 g/mol. The fourth-order valence-corrected chi connectivity index (χ4v) is 2.92. The van der Waals surface area contributed by atoms with E-state index in [2.05, 4.69) is 10.6 Å². The Morgan fingerprint density at radius 1 is 1.22 bits per heavy atom. The molecular formula is C14H18N2O2. The van der Waals surface area contributed by atoms with Crippen molar-refractivity contribution < 1.29 is 9.53 Å². The van der Waals surface area contributed by atoms with E-state index >= 15 is 0 Å². The number of anilines is 2. The van der Waals surface area contributed by atoms with E-state index < -0.39 is 0 Å². The van der Waals surface area contributed by atoms with Crippen LogP contribution in [0.5, 0.6) is 5.75 Å². The van der Waals surface area contributed by atoms with Crippen LogP contribution in [0.1, 0.15) is 25.7 Å². The van der Waals surface area contributed by atoms with Gasteiger partial charge in [-0.15, -0.1) is 0 Å². The first-order chi connectivity index (χ1) is 8.78. The SMILES string of the molecule is COc1ccc2c(c1)NC1CCCCC1C(=O)N2. The molecule has 1 heterocycles. The fraction of sp³-hybridized carbons (Fsp3) is 0.500. The van der Waals surface area contributed by atoms with Crippen LogP contribution in [0.3, 0.4) is 0 Å². The summed E-state index contributed by atoms with van der Waals surface area (Å²) in [5.41, 5.74) is 1.83. The van der Waals surface area contributed by atoms with E-state index in [1.165, 1.54) is 6.42 Å². The van der Waals surface area contributed by atoms with Crippen LogP contribution in [-0.2, 0) is 4.79 Å². The number of rotatable bonds is 1. The molecule has 1 aromatic carbocycles. The van der Waals surface area contributed by atoms with Gasteiger partial charge in [0.25, 0.3) is 0 Å². The van der Waals surface area contributed by atoms with E-state index in [1.807, 2.05) is 18.2 Å². The highest BCUT2D eigenvalue weighted by Crippen LogP contribution is 2.36. The van der Waals surface area contributed by atoms with Crippen molar-refractivity contribution in [3.63, 3.8) is 0 Å². The average molecular weight is 246 g/mol. The second-order valence-corrected chi connectivity index (χ2v) is 5.04. The lowest BCUT2D eigenvalue weighted by Crippen LogP contribution is -2.37. The number of hydrogen-bond donors (Lipinski definition) is 2. The molecule has 1 amide bonds. The smallest absolute Gasteiger partial charge is 0.229 e. The number of hydrogen-bond acceptors (Lipinski definition) is 3. The summed E-state index contributed by atoms with van der Waals surface area (Å²) in [6.45, 7) is 0. The number of ether oxygens (including phenoxy) is 1. The van der Waals surface area contributed by atoms with Crippen molar-refractivity contribution in [3.05, 3.63) is 18.2 Å². The molecule has 1 saturated carbocycles. The van der Waals surface area contributed by atoms with Gasteiger partial charge in [-0.3, -0.25) is 4.79 Å². The van der Waals surface area contributed by atoms with E-state index in [0.29, 0.717) is 0 Å². The standard InChI is InChI=1S/C14H18N2O2/c1-18-9-6-7-12-13(8-9)15-11-5-3-2-4-10(11)14(17)16-12/h6-8,10-11,15H,2-5H2,1H3,(H,16,17). The molecule has 0 spiro atoms. The van der Waals surface area contributed by atoms with Crippen LogP contribution in [0.2, 0.25) is 0 Å². The zero-order chi connectivity index (χ0) is 12.5. The first kappa shape index (κ1) is 11.4. The summed E-state index contributed by atoms with van der Waals surface area (Å²) in [7, 11) is 1.65. The number of amides is 1. The van der Waals surface area contributed by atoms with Gasteiger partial charge in [0.2, 0.25) is 5.91 Å². The van der Waals surface area contributed by atoms with Crippen molar-refractivity contribution >= 4 is 17.3 Å². The molecule has 2 unspecified atom stereocenters. The topological polar surface area (TPSA) is 50.4 Å². The maximum absolute atomic E-state index is 12.2. The third kappa shape index (κ3) is 1.92. The van der Waals surface area contributed by atoms with Crippen LogP contribution < -0.4 is 15.4 Å². The van der Waals surface area contributed by atoms with Gasteiger partial charge in [-0.05, 0) is 25.0 Å². The molecule has 1 aliphatic carbocycles. The summed E-state index contributed by atoms with van der Waals surface area (Å²) < 4.78 is 5.23. The van der Waals surface area contributed by atoms with E-state index in [0.717, 1.165) is 36.4 Å². The lowest BCUT2D eigenvalue weighted by molar-refractivity contribution is -0.120. The Bertz CT molecular complexity index is 473. The predicted octanol–water partition coefficient (Wildman–Crippen LogP) is 2.62. The first-order valence-corrected chi connectivity index (χ1v) is 6.53. The molecule has 3 rings (SSSR count). The van der Waals surface area contributed by atoms with Crippen molar-refractivity contribution in [2.75, 3.05) is 17.7 Å². The number of fused-ring (bicyclic) bond motifs is 2. The summed E-state index contributed by atoms with van der Waals surface area (Å²) in [5.74, 6) is 1.05. The van der Waals surface area contributed by atoms with Gasteiger partial charge in [-0.2, -0.15) is 0 Å². The van der Waals surface area contributed by atoms with Crippen LogP contribution in [0.15, 0.2) is 18.2 Å². The van der Waals surface area contributed by atoms with Crippen LogP contribution in [0, 0.1) is 5.92 Å². The molecule has 4 nitrogen and oxygen atoms in total. The highest BCUT2D eigenvalue weighted by atomic mass is 16.5. The Labute approximate surface area is 107 Å². The highest BCUT2D eigenvalue weighted by molar-refractivity contribution is 5.98. The van der Waals surface area contributed by atoms with Crippen molar-refractivity contribution in [2.24, 2.45) is 5.92 Å². The van der Waals surface area contributed by atoms with E-state index in [9.17, 15) is 4.79 Å². The maximum atomic E-state index is 12.2. The number of carbonyl (C=O) groups is 1. The zero-order valence-corrected chi connectivity index (χ0v) is 10.5. The van der Waals surface area contributed by atoms with Gasteiger partial charge in [0.15, 0.2) is 0 Å². The Hall–Kier alpha value is -1.71. The van der Waals surface area contributed by atoms with Gasteiger partial charge in [-0.1, -0.05) is 12.8 Å². The Morgan fingerprint density at radius 2 is 2.06 bits per heavy atom. The van der Waals surface area contributed by atoms with Crippen LogP contribution in [-0.4, -0.2) is 19.1 Å². The molecule has 18 heavy (non-hydrogen) atoms. The van der Waals surface area contributed by atoms with Crippen molar-refractivity contribution in [3.8, 4) is 5.75 Å². The maximum Gasteiger partial charge on any atom is 0.229 e. The first-order valence-electron chi connectivity index (χ1n) is 6.53. The largest absolute Gasteiger partial charge is 0.497 e. The Balaban J connectivity index is 1.95. The molecular weight excluding hydrogens is 228 g/mol. The quantitative estimate of drug-likeness (QED) is 0.801. The molecule has 4 heteroatoms. The van der Waals surface area contributed by atoms with Crippen molar-refractivity contribution in [1.82, 2.24) is 0 Å². The van der Waals surface area contributed by atoms with Crippen molar-refractivity contribution in [1.29, 1.82) is 0 Å². The number of benzene rings is 1. The summed E-state index contributed by atoms with van der Waals surface area (Å²) in [5, 5.41) is 6.52. The number of carbonyl (C=O) groups excluding carboxylic acids is 1. The van der Waals surface area contributed by atoms with E-state index in [1.54, 1.807) is 7.11 Å². The fourth-order valence-electron chi connectivity index (χ4n) is 2.92. The molecule has 96 valence electrons. The molecule has 0 radical (unpaired) electrons. The third-order valence-electron chi connectivity index (χ3n) is 3.93. The lowest BCUT2D eigenvalue weighted by atomic mass is 9.84.